The molecule has 8 rings (SSSR count). The van der Waals surface area contributed by atoms with E-state index in [1.807, 2.05) is 18.2 Å². The molecule has 4 bridgehead atoms. The van der Waals surface area contributed by atoms with E-state index in [-0.39, 0.29) is 36.3 Å². The van der Waals surface area contributed by atoms with Crippen LogP contribution in [0.25, 0.3) is 0 Å². The van der Waals surface area contributed by atoms with Crippen LogP contribution in [-0.2, 0) is 22.6 Å². The molecule has 2 aromatic carbocycles. The third-order valence-corrected chi connectivity index (χ3v) is 11.9. The molecule has 2 aromatic rings. The van der Waals surface area contributed by atoms with Crippen LogP contribution in [0.3, 0.4) is 0 Å². The summed E-state index contributed by atoms with van der Waals surface area (Å²) >= 11 is 0. The quantitative estimate of drug-likeness (QED) is 0.230. The minimum absolute atomic E-state index is 0.0139. The number of benzene rings is 2. The van der Waals surface area contributed by atoms with E-state index in [1.165, 1.54) is 44.9 Å². The van der Waals surface area contributed by atoms with E-state index in [2.05, 4.69) is 65.4 Å². The topological polar surface area (TPSA) is 83.1 Å². The van der Waals surface area contributed by atoms with Crippen molar-refractivity contribution in [3.05, 3.63) is 83.4 Å². The normalized spacial score (nSPS) is 33.8. The van der Waals surface area contributed by atoms with Crippen LogP contribution in [0.2, 0.25) is 0 Å². The molecule has 4 atom stereocenters. The van der Waals surface area contributed by atoms with Crippen molar-refractivity contribution in [1.29, 1.82) is 0 Å². The highest BCUT2D eigenvalue weighted by Crippen LogP contribution is 2.55. The van der Waals surface area contributed by atoms with Gasteiger partial charge in [0.25, 0.3) is 0 Å². The number of ether oxygens (including phenoxy) is 2. The van der Waals surface area contributed by atoms with Crippen molar-refractivity contribution in [2.45, 2.75) is 114 Å². The average Bonchev–Trinajstić information content (AvgIpc) is 3.59. The number of hydrogen-bond acceptors (Lipinski definition) is 5. The molecule has 5 aliphatic carbocycles. The summed E-state index contributed by atoms with van der Waals surface area (Å²) in [5, 5.41) is 16.2. The number of carbonyl (C=O) groups is 1. The van der Waals surface area contributed by atoms with Gasteiger partial charge in [0.1, 0.15) is 0 Å². The molecule has 0 radical (unpaired) electrons. The van der Waals surface area contributed by atoms with Crippen LogP contribution in [-0.4, -0.2) is 46.8 Å². The Morgan fingerprint density at radius 3 is 2.15 bits per heavy atom. The minimum Gasteiger partial charge on any atom is -0.392 e. The summed E-state index contributed by atoms with van der Waals surface area (Å²) in [6, 6.07) is 17.0. The molecule has 0 spiro atoms. The molecule has 5 saturated carbocycles. The molecule has 6 aliphatic rings. The zero-order chi connectivity index (χ0) is 31.7. The van der Waals surface area contributed by atoms with Crippen molar-refractivity contribution < 1.29 is 19.4 Å². The van der Waals surface area contributed by atoms with Gasteiger partial charge in [-0.2, -0.15) is 0 Å². The third kappa shape index (κ3) is 6.94. The Bertz CT molecular complexity index is 1300. The van der Waals surface area contributed by atoms with Gasteiger partial charge in [-0.1, -0.05) is 74.4 Å². The number of nitrogens with one attached hydrogen (secondary N) is 2. The molecule has 1 saturated heterocycles. The van der Waals surface area contributed by atoms with Gasteiger partial charge in [-0.25, -0.2) is 4.79 Å². The van der Waals surface area contributed by atoms with Gasteiger partial charge in [-0.3, -0.25) is 4.90 Å². The molecule has 2 amide bonds. The summed E-state index contributed by atoms with van der Waals surface area (Å²) in [5.74, 6) is 2.55. The summed E-state index contributed by atoms with van der Waals surface area (Å²) in [7, 11) is 0. The fraction of sp³-hybridized carbons (Fsp3) is 0.615. The number of aliphatic hydroxyl groups excluding tert-OH is 1. The van der Waals surface area contributed by atoms with Gasteiger partial charge < -0.3 is 25.2 Å². The molecule has 7 heteroatoms. The molecule has 1 heterocycles. The maximum absolute atomic E-state index is 13.0. The van der Waals surface area contributed by atoms with Crippen LogP contribution >= 0.6 is 0 Å². The van der Waals surface area contributed by atoms with E-state index in [1.54, 1.807) is 0 Å². The van der Waals surface area contributed by atoms with Crippen molar-refractivity contribution in [3.63, 3.8) is 0 Å². The highest BCUT2D eigenvalue weighted by molar-refractivity contribution is 5.75. The number of carbonyl (C=O) groups excluding carboxylic acids is 1. The second kappa shape index (κ2) is 13.8. The van der Waals surface area contributed by atoms with Gasteiger partial charge in [0.2, 0.25) is 0 Å². The molecule has 7 nitrogen and oxygen atoms in total. The minimum atomic E-state index is -0.501. The smallest absolute Gasteiger partial charge is 0.315 e. The summed E-state index contributed by atoms with van der Waals surface area (Å²) in [4.78, 5) is 15.6. The summed E-state index contributed by atoms with van der Waals surface area (Å²) in [6.07, 6.45) is 14.0. The maximum atomic E-state index is 13.0. The standard InChI is InChI=1S/C39H53N3O4/c1-3-16-42(34-6-4-5-7-34)24-35-26(2)36(32-12-10-28(25-43)11-13-32)46-37(45-35)33-14-8-27(9-15-33)23-40-38(44)41-39-20-29-17-30(21-39)19-31(18-29)22-39/h3,8-15,26,29-31,34-37,43H,1,4-7,16-25H2,2H3,(H2,40,41,44)/t26-,29?,30?,31?,35+,36+,37+,39?/m1/s1. The van der Waals surface area contributed by atoms with Crippen LogP contribution in [0.4, 0.5) is 4.79 Å². The maximum Gasteiger partial charge on any atom is 0.315 e. The van der Waals surface area contributed by atoms with Crippen molar-refractivity contribution >= 4 is 6.03 Å². The van der Waals surface area contributed by atoms with Gasteiger partial charge in [0.15, 0.2) is 6.29 Å². The first-order valence-electron chi connectivity index (χ1n) is 17.9. The number of nitrogens with zero attached hydrogens (tertiary/aromatic N) is 1. The number of amides is 2. The van der Waals surface area contributed by atoms with E-state index in [0.717, 1.165) is 72.4 Å². The SMILES string of the molecule is C=CCN(C[C@@H]1O[C@H](c2ccc(CNC(=O)NC34CC5CC(CC(C5)C3)C4)cc2)O[C@H](c2ccc(CO)cc2)[C@@H]1C)C1CCCC1. The molecule has 0 aromatic heterocycles. The number of urea groups is 1. The van der Waals surface area contributed by atoms with E-state index in [4.69, 9.17) is 9.47 Å². The first-order chi connectivity index (χ1) is 22.4. The first-order valence-corrected chi connectivity index (χ1v) is 17.9. The number of aliphatic hydroxyl groups is 1. The molecule has 6 fully saturated rings. The molecule has 46 heavy (non-hydrogen) atoms. The lowest BCUT2D eigenvalue weighted by atomic mass is 9.53. The van der Waals surface area contributed by atoms with Gasteiger partial charge in [-0.15, -0.1) is 6.58 Å². The van der Waals surface area contributed by atoms with E-state index in [0.29, 0.717) is 12.6 Å². The van der Waals surface area contributed by atoms with Gasteiger partial charge in [0, 0.05) is 42.7 Å². The van der Waals surface area contributed by atoms with Gasteiger partial charge in [0.05, 0.1) is 18.8 Å². The fourth-order valence-corrected chi connectivity index (χ4v) is 9.89. The molecular formula is C39H53N3O4. The van der Waals surface area contributed by atoms with Gasteiger partial charge in [-0.05, 0) is 85.8 Å². The zero-order valence-electron chi connectivity index (χ0n) is 27.5. The Hall–Kier alpha value is -2.71. The van der Waals surface area contributed by atoms with Crippen LogP contribution in [0.1, 0.15) is 106 Å². The van der Waals surface area contributed by atoms with E-state index in [9.17, 15) is 9.90 Å². The Morgan fingerprint density at radius 1 is 0.935 bits per heavy atom. The first kappa shape index (κ1) is 31.9. The van der Waals surface area contributed by atoms with Crippen molar-refractivity contribution in [3.8, 4) is 0 Å². The van der Waals surface area contributed by atoms with Crippen LogP contribution in [0.5, 0.6) is 0 Å². The largest absolute Gasteiger partial charge is 0.392 e. The lowest BCUT2D eigenvalue weighted by Gasteiger charge is -2.56. The second-order valence-electron chi connectivity index (χ2n) is 15.2. The van der Waals surface area contributed by atoms with Crippen molar-refractivity contribution in [1.82, 2.24) is 15.5 Å². The van der Waals surface area contributed by atoms with E-state index >= 15 is 0 Å². The molecular weight excluding hydrogens is 574 g/mol. The second-order valence-corrected chi connectivity index (χ2v) is 15.2. The average molecular weight is 628 g/mol. The lowest BCUT2D eigenvalue weighted by Crippen LogP contribution is -2.61. The predicted octanol–water partition coefficient (Wildman–Crippen LogP) is 7.17. The summed E-state index contributed by atoms with van der Waals surface area (Å²) in [5.41, 5.74) is 4.04. The molecule has 3 N–H and O–H groups in total. The highest BCUT2D eigenvalue weighted by atomic mass is 16.7. The number of hydrogen-bond donors (Lipinski definition) is 3. The number of rotatable bonds is 11. The summed E-state index contributed by atoms with van der Waals surface area (Å²) in [6.45, 7) is 8.49. The van der Waals surface area contributed by atoms with Crippen LogP contribution in [0.15, 0.2) is 61.2 Å². The Labute approximate surface area is 275 Å². The third-order valence-electron chi connectivity index (χ3n) is 11.9. The monoisotopic (exact) mass is 627 g/mol. The Kier molecular flexibility index (Phi) is 9.56. The Balaban J connectivity index is 1.02. The predicted molar refractivity (Wildman–Crippen MR) is 180 cm³/mol. The lowest BCUT2D eigenvalue weighted by molar-refractivity contribution is -0.276. The molecule has 0 unspecified atom stereocenters. The van der Waals surface area contributed by atoms with Crippen molar-refractivity contribution in [2.75, 3.05) is 13.1 Å². The van der Waals surface area contributed by atoms with Gasteiger partial charge >= 0.3 is 6.03 Å². The fourth-order valence-electron chi connectivity index (χ4n) is 9.89. The van der Waals surface area contributed by atoms with E-state index < -0.39 is 6.29 Å². The summed E-state index contributed by atoms with van der Waals surface area (Å²) < 4.78 is 13.5. The molecule has 248 valence electrons. The van der Waals surface area contributed by atoms with Crippen LogP contribution in [0, 0.1) is 23.7 Å². The molecule has 1 aliphatic heterocycles. The highest BCUT2D eigenvalue weighted by Gasteiger charge is 2.51. The van der Waals surface area contributed by atoms with Crippen LogP contribution < -0.4 is 10.6 Å². The Morgan fingerprint density at radius 2 is 1.54 bits per heavy atom. The van der Waals surface area contributed by atoms with Crippen molar-refractivity contribution in [2.24, 2.45) is 23.7 Å². The zero-order valence-corrected chi connectivity index (χ0v) is 27.5.